The first-order valence-electron chi connectivity index (χ1n) is 7.33. The first-order chi connectivity index (χ1) is 9.72. The Morgan fingerprint density at radius 1 is 1.35 bits per heavy atom. The lowest BCUT2D eigenvalue weighted by Crippen LogP contribution is -2.34. The fourth-order valence-corrected chi connectivity index (χ4v) is 2.71. The summed E-state index contributed by atoms with van der Waals surface area (Å²) >= 11 is 0. The maximum Gasteiger partial charge on any atom is 0.153 e. The van der Waals surface area contributed by atoms with Crippen molar-refractivity contribution in [1.82, 2.24) is 29.6 Å². The van der Waals surface area contributed by atoms with Crippen LogP contribution < -0.4 is 0 Å². The molecule has 0 aliphatic carbocycles. The summed E-state index contributed by atoms with van der Waals surface area (Å²) in [4.78, 5) is 11.1. The number of nitrogens with one attached hydrogen (secondary N) is 1. The second-order valence-corrected chi connectivity index (χ2v) is 5.81. The molecule has 6 heteroatoms. The lowest BCUT2D eigenvalue weighted by molar-refractivity contribution is 0.176. The molecule has 1 aliphatic rings. The van der Waals surface area contributed by atoms with Gasteiger partial charge in [-0.3, -0.25) is 10.00 Å². The Balaban J connectivity index is 1.53. The third kappa shape index (κ3) is 2.90. The molecule has 20 heavy (non-hydrogen) atoms. The van der Waals surface area contributed by atoms with Gasteiger partial charge in [0.25, 0.3) is 0 Å². The highest BCUT2D eigenvalue weighted by molar-refractivity contribution is 4.95. The van der Waals surface area contributed by atoms with Gasteiger partial charge in [-0.05, 0) is 12.8 Å². The van der Waals surface area contributed by atoms with Gasteiger partial charge in [0, 0.05) is 37.4 Å². The summed E-state index contributed by atoms with van der Waals surface area (Å²) in [6, 6.07) is 0.592. The standard InChI is InChI=1S/C14H22N6/c1-11(2)14-16-13(17-18-14)9-19-6-3-12(4-7-19)20-8-5-15-10-20/h5,8,10-12H,3-4,6-7,9H2,1-2H3,(H,16,17,18). The Bertz CT molecular complexity index is 522. The van der Waals surface area contributed by atoms with E-state index in [1.807, 2.05) is 12.5 Å². The number of hydrogen-bond donors (Lipinski definition) is 1. The van der Waals surface area contributed by atoms with Crippen molar-refractivity contribution in [1.29, 1.82) is 0 Å². The number of aromatic nitrogens is 5. The van der Waals surface area contributed by atoms with Gasteiger partial charge in [-0.2, -0.15) is 5.10 Å². The van der Waals surface area contributed by atoms with E-state index in [9.17, 15) is 0 Å². The van der Waals surface area contributed by atoms with Crippen LogP contribution in [-0.2, 0) is 6.54 Å². The zero-order chi connectivity index (χ0) is 13.9. The molecule has 0 radical (unpaired) electrons. The predicted molar refractivity (Wildman–Crippen MR) is 76.2 cm³/mol. The molecule has 3 heterocycles. The van der Waals surface area contributed by atoms with Crippen molar-refractivity contribution >= 4 is 0 Å². The number of rotatable bonds is 4. The van der Waals surface area contributed by atoms with Crippen molar-refractivity contribution in [2.24, 2.45) is 0 Å². The summed E-state index contributed by atoms with van der Waals surface area (Å²) in [7, 11) is 0. The van der Waals surface area contributed by atoms with Crippen LogP contribution in [-0.4, -0.2) is 42.7 Å². The number of piperidine rings is 1. The third-order valence-corrected chi connectivity index (χ3v) is 3.94. The number of aromatic amines is 1. The lowest BCUT2D eigenvalue weighted by Gasteiger charge is -2.31. The monoisotopic (exact) mass is 274 g/mol. The van der Waals surface area contributed by atoms with Gasteiger partial charge < -0.3 is 4.57 Å². The van der Waals surface area contributed by atoms with Crippen LogP contribution in [0.5, 0.6) is 0 Å². The molecule has 0 spiro atoms. The van der Waals surface area contributed by atoms with Gasteiger partial charge in [-0.25, -0.2) is 9.97 Å². The van der Waals surface area contributed by atoms with Crippen LogP contribution in [0.4, 0.5) is 0 Å². The minimum Gasteiger partial charge on any atom is -0.334 e. The normalized spacial score (nSPS) is 17.9. The molecular formula is C14H22N6. The number of likely N-dealkylation sites (tertiary alicyclic amines) is 1. The number of nitrogens with zero attached hydrogens (tertiary/aromatic N) is 5. The maximum atomic E-state index is 4.55. The van der Waals surface area contributed by atoms with Crippen LogP contribution in [0, 0.1) is 0 Å². The summed E-state index contributed by atoms with van der Waals surface area (Å²) in [6.45, 7) is 7.30. The molecule has 0 unspecified atom stereocenters. The molecule has 0 aromatic carbocycles. The molecule has 6 nitrogen and oxygen atoms in total. The third-order valence-electron chi connectivity index (χ3n) is 3.94. The van der Waals surface area contributed by atoms with E-state index in [-0.39, 0.29) is 0 Å². The van der Waals surface area contributed by atoms with Gasteiger partial charge in [0.1, 0.15) is 5.82 Å². The van der Waals surface area contributed by atoms with Crippen molar-refractivity contribution in [2.75, 3.05) is 13.1 Å². The first kappa shape index (κ1) is 13.3. The molecule has 0 bridgehead atoms. The fourth-order valence-electron chi connectivity index (χ4n) is 2.71. The van der Waals surface area contributed by atoms with Crippen molar-refractivity contribution < 1.29 is 0 Å². The molecule has 2 aromatic rings. The Hall–Kier alpha value is -1.69. The highest BCUT2D eigenvalue weighted by Crippen LogP contribution is 2.22. The number of H-pyrrole nitrogens is 1. The second kappa shape index (κ2) is 5.75. The number of imidazole rings is 1. The van der Waals surface area contributed by atoms with Crippen LogP contribution >= 0.6 is 0 Å². The zero-order valence-corrected chi connectivity index (χ0v) is 12.2. The Morgan fingerprint density at radius 3 is 2.75 bits per heavy atom. The molecule has 3 rings (SSSR count). The van der Waals surface area contributed by atoms with E-state index in [2.05, 4.69) is 49.7 Å². The quantitative estimate of drug-likeness (QED) is 0.925. The highest BCUT2D eigenvalue weighted by atomic mass is 15.3. The van der Waals surface area contributed by atoms with Gasteiger partial charge in [-0.15, -0.1) is 0 Å². The second-order valence-electron chi connectivity index (χ2n) is 5.81. The van der Waals surface area contributed by atoms with Crippen molar-refractivity contribution in [3.05, 3.63) is 30.4 Å². The summed E-state index contributed by atoms with van der Waals surface area (Å²) < 4.78 is 2.22. The van der Waals surface area contributed by atoms with Crippen LogP contribution in [0.3, 0.4) is 0 Å². The van der Waals surface area contributed by atoms with Crippen molar-refractivity contribution in [3.8, 4) is 0 Å². The van der Waals surface area contributed by atoms with E-state index in [0.717, 1.165) is 31.3 Å². The van der Waals surface area contributed by atoms with E-state index >= 15 is 0 Å². The zero-order valence-electron chi connectivity index (χ0n) is 12.2. The molecule has 1 fully saturated rings. The molecule has 0 atom stereocenters. The van der Waals surface area contributed by atoms with Gasteiger partial charge in [0.2, 0.25) is 0 Å². The Kier molecular flexibility index (Phi) is 3.82. The molecule has 1 N–H and O–H groups in total. The Labute approximate surface area is 119 Å². The van der Waals surface area contributed by atoms with Crippen LogP contribution in [0.2, 0.25) is 0 Å². The lowest BCUT2D eigenvalue weighted by atomic mass is 10.1. The molecule has 0 amide bonds. The summed E-state index contributed by atoms with van der Waals surface area (Å²) in [6.07, 6.45) is 8.18. The average Bonchev–Trinajstić information content (AvgIpc) is 3.10. The van der Waals surface area contributed by atoms with E-state index < -0.39 is 0 Å². The molecule has 1 saturated heterocycles. The summed E-state index contributed by atoms with van der Waals surface area (Å²) in [5, 5.41) is 7.32. The average molecular weight is 274 g/mol. The predicted octanol–water partition coefficient (Wildman–Crippen LogP) is 1.96. The maximum absolute atomic E-state index is 4.55. The largest absolute Gasteiger partial charge is 0.334 e. The topological polar surface area (TPSA) is 62.6 Å². The van der Waals surface area contributed by atoms with Gasteiger partial charge in [-0.1, -0.05) is 13.8 Å². The smallest absolute Gasteiger partial charge is 0.153 e. The van der Waals surface area contributed by atoms with Crippen molar-refractivity contribution in [3.63, 3.8) is 0 Å². The summed E-state index contributed by atoms with van der Waals surface area (Å²) in [5.41, 5.74) is 0. The van der Waals surface area contributed by atoms with Gasteiger partial charge in [0.15, 0.2) is 5.82 Å². The minimum absolute atomic E-state index is 0.381. The van der Waals surface area contributed by atoms with E-state index in [1.54, 1.807) is 0 Å². The molecular weight excluding hydrogens is 252 g/mol. The molecule has 2 aromatic heterocycles. The fraction of sp³-hybridized carbons (Fsp3) is 0.643. The van der Waals surface area contributed by atoms with Crippen LogP contribution in [0.15, 0.2) is 18.7 Å². The molecule has 1 aliphatic heterocycles. The summed E-state index contributed by atoms with van der Waals surface area (Å²) in [5.74, 6) is 2.27. The first-order valence-corrected chi connectivity index (χ1v) is 7.33. The van der Waals surface area contributed by atoms with Crippen LogP contribution in [0.25, 0.3) is 0 Å². The minimum atomic E-state index is 0.381. The highest BCUT2D eigenvalue weighted by Gasteiger charge is 2.21. The molecule has 108 valence electrons. The molecule has 0 saturated carbocycles. The van der Waals surface area contributed by atoms with E-state index in [1.165, 1.54) is 12.8 Å². The van der Waals surface area contributed by atoms with Crippen LogP contribution in [0.1, 0.15) is 50.3 Å². The van der Waals surface area contributed by atoms with E-state index in [0.29, 0.717) is 12.0 Å². The van der Waals surface area contributed by atoms with Gasteiger partial charge in [0.05, 0.1) is 12.9 Å². The number of hydrogen-bond acceptors (Lipinski definition) is 4. The SMILES string of the molecule is CC(C)c1n[nH]c(CN2CCC(n3ccnc3)CC2)n1. The van der Waals surface area contributed by atoms with Crippen molar-refractivity contribution in [2.45, 2.75) is 45.2 Å². The van der Waals surface area contributed by atoms with E-state index in [4.69, 9.17) is 0 Å². The Morgan fingerprint density at radius 2 is 2.15 bits per heavy atom. The van der Waals surface area contributed by atoms with Gasteiger partial charge >= 0.3 is 0 Å².